The SMILES string of the molecule is O=C(Oc1ccccc1Br)c1ccccn1. The van der Waals surface area contributed by atoms with E-state index in [9.17, 15) is 4.79 Å². The molecule has 0 saturated carbocycles. The second-order valence-electron chi connectivity index (χ2n) is 3.03. The van der Waals surface area contributed by atoms with E-state index in [-0.39, 0.29) is 0 Å². The van der Waals surface area contributed by atoms with Crippen molar-refractivity contribution in [2.75, 3.05) is 0 Å². The first kappa shape index (κ1) is 10.8. The van der Waals surface area contributed by atoms with Crippen molar-refractivity contribution in [3.05, 3.63) is 58.8 Å². The molecule has 0 atom stereocenters. The van der Waals surface area contributed by atoms with Gasteiger partial charge in [-0.15, -0.1) is 0 Å². The van der Waals surface area contributed by atoms with Gasteiger partial charge in [0.15, 0.2) is 0 Å². The Bertz CT molecular complexity index is 499. The highest BCUT2D eigenvalue weighted by Gasteiger charge is 2.10. The zero-order valence-electron chi connectivity index (χ0n) is 8.26. The molecule has 0 aliphatic heterocycles. The number of hydrogen-bond acceptors (Lipinski definition) is 3. The quantitative estimate of drug-likeness (QED) is 0.626. The van der Waals surface area contributed by atoms with Crippen molar-refractivity contribution in [2.24, 2.45) is 0 Å². The number of hydrogen-bond donors (Lipinski definition) is 0. The van der Waals surface area contributed by atoms with Crippen LogP contribution < -0.4 is 4.74 Å². The van der Waals surface area contributed by atoms with Crippen LogP contribution in [0.2, 0.25) is 0 Å². The lowest BCUT2D eigenvalue weighted by molar-refractivity contribution is 0.0727. The lowest BCUT2D eigenvalue weighted by Gasteiger charge is -2.04. The lowest BCUT2D eigenvalue weighted by Crippen LogP contribution is -2.10. The van der Waals surface area contributed by atoms with Crippen molar-refractivity contribution < 1.29 is 9.53 Å². The molecule has 1 heterocycles. The van der Waals surface area contributed by atoms with Gasteiger partial charge >= 0.3 is 5.97 Å². The topological polar surface area (TPSA) is 39.2 Å². The highest BCUT2D eigenvalue weighted by atomic mass is 79.9. The summed E-state index contributed by atoms with van der Waals surface area (Å²) >= 11 is 3.30. The molecule has 2 rings (SSSR count). The molecule has 0 radical (unpaired) electrons. The second-order valence-corrected chi connectivity index (χ2v) is 3.89. The van der Waals surface area contributed by atoms with Crippen LogP contribution in [0, 0.1) is 0 Å². The number of benzene rings is 1. The van der Waals surface area contributed by atoms with Crippen LogP contribution in [0.5, 0.6) is 5.75 Å². The molecule has 3 nitrogen and oxygen atoms in total. The summed E-state index contributed by atoms with van der Waals surface area (Å²) in [5, 5.41) is 0. The first-order valence-corrected chi connectivity index (χ1v) is 5.44. The highest BCUT2D eigenvalue weighted by Crippen LogP contribution is 2.24. The number of nitrogens with zero attached hydrogens (tertiary/aromatic N) is 1. The standard InChI is InChI=1S/C12H8BrNO2/c13-9-5-1-2-7-11(9)16-12(15)10-6-3-4-8-14-10/h1-8H. The van der Waals surface area contributed by atoms with Crippen molar-refractivity contribution in [1.29, 1.82) is 0 Å². The predicted molar refractivity (Wildman–Crippen MR) is 63.3 cm³/mol. The number of para-hydroxylation sites is 1. The van der Waals surface area contributed by atoms with E-state index in [0.29, 0.717) is 11.4 Å². The fraction of sp³-hybridized carbons (Fsp3) is 0. The van der Waals surface area contributed by atoms with E-state index in [0.717, 1.165) is 4.47 Å². The first-order valence-electron chi connectivity index (χ1n) is 4.65. The largest absolute Gasteiger partial charge is 0.421 e. The minimum absolute atomic E-state index is 0.290. The lowest BCUT2D eigenvalue weighted by atomic mass is 10.3. The Hall–Kier alpha value is -1.68. The van der Waals surface area contributed by atoms with E-state index in [2.05, 4.69) is 20.9 Å². The summed E-state index contributed by atoms with van der Waals surface area (Å²) in [6.45, 7) is 0. The Balaban J connectivity index is 2.18. The summed E-state index contributed by atoms with van der Waals surface area (Å²) in [6, 6.07) is 12.3. The van der Waals surface area contributed by atoms with Crippen molar-refractivity contribution in [3.63, 3.8) is 0 Å². The van der Waals surface area contributed by atoms with Crippen LogP contribution in [0.4, 0.5) is 0 Å². The fourth-order valence-corrected chi connectivity index (χ4v) is 1.53. The summed E-state index contributed by atoms with van der Waals surface area (Å²) in [5.74, 6) is 0.0191. The molecule has 0 saturated heterocycles. The van der Waals surface area contributed by atoms with Gasteiger partial charge in [0, 0.05) is 6.20 Å². The van der Waals surface area contributed by atoms with E-state index in [1.54, 1.807) is 42.6 Å². The average Bonchev–Trinajstić information content (AvgIpc) is 2.33. The van der Waals surface area contributed by atoms with Crippen molar-refractivity contribution in [3.8, 4) is 5.75 Å². The van der Waals surface area contributed by atoms with Crippen LogP contribution in [-0.2, 0) is 0 Å². The highest BCUT2D eigenvalue weighted by molar-refractivity contribution is 9.10. The van der Waals surface area contributed by atoms with E-state index in [1.807, 2.05) is 6.07 Å². The summed E-state index contributed by atoms with van der Waals surface area (Å²) in [7, 11) is 0. The molecule has 0 amide bonds. The van der Waals surface area contributed by atoms with Crippen molar-refractivity contribution in [2.45, 2.75) is 0 Å². The van der Waals surface area contributed by atoms with Gasteiger partial charge in [-0.2, -0.15) is 0 Å². The molecule has 0 bridgehead atoms. The van der Waals surface area contributed by atoms with Gasteiger partial charge in [-0.3, -0.25) is 0 Å². The van der Waals surface area contributed by atoms with E-state index in [4.69, 9.17) is 4.74 Å². The van der Waals surface area contributed by atoms with E-state index < -0.39 is 5.97 Å². The maximum Gasteiger partial charge on any atom is 0.362 e. The van der Waals surface area contributed by atoms with Gasteiger partial charge in [0.1, 0.15) is 11.4 Å². The van der Waals surface area contributed by atoms with Crippen LogP contribution >= 0.6 is 15.9 Å². The zero-order chi connectivity index (χ0) is 11.4. The molecule has 0 spiro atoms. The maximum atomic E-state index is 11.7. The van der Waals surface area contributed by atoms with Crippen molar-refractivity contribution in [1.82, 2.24) is 4.98 Å². The van der Waals surface area contributed by atoms with Gasteiger partial charge in [0.05, 0.1) is 4.47 Å². The molecule has 80 valence electrons. The smallest absolute Gasteiger partial charge is 0.362 e. The number of halogens is 1. The van der Waals surface area contributed by atoms with Gasteiger partial charge in [0.2, 0.25) is 0 Å². The third kappa shape index (κ3) is 2.46. The first-order chi connectivity index (χ1) is 7.77. The number of carbonyl (C=O) groups is 1. The van der Waals surface area contributed by atoms with E-state index >= 15 is 0 Å². The molecule has 0 N–H and O–H groups in total. The molecule has 2 aromatic rings. The predicted octanol–water partition coefficient (Wildman–Crippen LogP) is 3.06. The maximum absolute atomic E-state index is 11.7. The van der Waals surface area contributed by atoms with Gasteiger partial charge in [0.25, 0.3) is 0 Å². The number of rotatable bonds is 2. The van der Waals surface area contributed by atoms with Gasteiger partial charge in [-0.1, -0.05) is 18.2 Å². The molecule has 4 heteroatoms. The van der Waals surface area contributed by atoms with Crippen LogP contribution in [0.25, 0.3) is 0 Å². The molecule has 0 aliphatic rings. The Morgan fingerprint density at radius 3 is 2.56 bits per heavy atom. The molecular weight excluding hydrogens is 270 g/mol. The number of carbonyl (C=O) groups excluding carboxylic acids is 1. The molecule has 0 fully saturated rings. The number of aromatic nitrogens is 1. The molecule has 1 aromatic heterocycles. The average molecular weight is 278 g/mol. The minimum atomic E-state index is -0.465. The van der Waals surface area contributed by atoms with Crippen LogP contribution in [0.15, 0.2) is 53.1 Å². The third-order valence-corrected chi connectivity index (χ3v) is 2.57. The number of esters is 1. The third-order valence-electron chi connectivity index (χ3n) is 1.91. The van der Waals surface area contributed by atoms with Gasteiger partial charge in [-0.25, -0.2) is 9.78 Å². The molecule has 0 unspecified atom stereocenters. The summed E-state index contributed by atoms with van der Waals surface area (Å²) < 4.78 is 5.92. The summed E-state index contributed by atoms with van der Waals surface area (Å²) in [5.41, 5.74) is 0.290. The molecule has 1 aromatic carbocycles. The Labute approximate surface area is 101 Å². The summed E-state index contributed by atoms with van der Waals surface area (Å²) in [4.78, 5) is 15.6. The van der Waals surface area contributed by atoms with Crippen molar-refractivity contribution >= 4 is 21.9 Å². The molecule has 16 heavy (non-hydrogen) atoms. The number of pyridine rings is 1. The molecular formula is C12H8BrNO2. The Morgan fingerprint density at radius 1 is 1.12 bits per heavy atom. The Kier molecular flexibility index (Phi) is 3.31. The van der Waals surface area contributed by atoms with Crippen LogP contribution in [0.1, 0.15) is 10.5 Å². The normalized spacial score (nSPS) is 9.81. The Morgan fingerprint density at radius 2 is 1.88 bits per heavy atom. The second kappa shape index (κ2) is 4.90. The van der Waals surface area contributed by atoms with Gasteiger partial charge in [-0.05, 0) is 40.2 Å². The van der Waals surface area contributed by atoms with Crippen LogP contribution in [-0.4, -0.2) is 11.0 Å². The number of ether oxygens (including phenoxy) is 1. The summed E-state index contributed by atoms with van der Waals surface area (Å²) in [6.07, 6.45) is 1.55. The minimum Gasteiger partial charge on any atom is -0.421 e. The van der Waals surface area contributed by atoms with Crippen LogP contribution in [0.3, 0.4) is 0 Å². The van der Waals surface area contributed by atoms with Gasteiger partial charge < -0.3 is 4.74 Å². The fourth-order valence-electron chi connectivity index (χ4n) is 1.16. The van der Waals surface area contributed by atoms with E-state index in [1.165, 1.54) is 0 Å². The monoisotopic (exact) mass is 277 g/mol. The molecule has 0 aliphatic carbocycles. The zero-order valence-corrected chi connectivity index (χ0v) is 9.85.